The zero-order chi connectivity index (χ0) is 12.2. The molecule has 0 spiro atoms. The molecule has 1 aromatic rings. The molecule has 0 aromatic heterocycles. The van der Waals surface area contributed by atoms with Crippen LogP contribution in [-0.2, 0) is 5.54 Å². The summed E-state index contributed by atoms with van der Waals surface area (Å²) >= 11 is 0. The standard InChI is InChI=1S/C12H19N3O/c1-4-14-11(16)15-10-7-5-9(6-8-10)12(2,3)13/h5-8H,4,13H2,1-3H3,(H2,14,15,16). The normalized spacial score (nSPS) is 11.0. The molecule has 88 valence electrons. The van der Waals surface area contributed by atoms with Gasteiger partial charge in [-0.25, -0.2) is 4.79 Å². The van der Waals surface area contributed by atoms with E-state index in [9.17, 15) is 4.79 Å². The summed E-state index contributed by atoms with van der Waals surface area (Å²) in [7, 11) is 0. The average molecular weight is 221 g/mol. The van der Waals surface area contributed by atoms with Gasteiger partial charge < -0.3 is 16.4 Å². The highest BCUT2D eigenvalue weighted by atomic mass is 16.2. The number of hydrogen-bond acceptors (Lipinski definition) is 2. The smallest absolute Gasteiger partial charge is 0.319 e. The van der Waals surface area contributed by atoms with E-state index in [1.807, 2.05) is 45.0 Å². The largest absolute Gasteiger partial charge is 0.338 e. The molecule has 0 atom stereocenters. The second kappa shape index (κ2) is 4.99. The van der Waals surface area contributed by atoms with Crippen molar-refractivity contribution in [2.45, 2.75) is 26.3 Å². The van der Waals surface area contributed by atoms with Crippen molar-refractivity contribution in [3.63, 3.8) is 0 Å². The Kier molecular flexibility index (Phi) is 3.90. The third-order valence-corrected chi connectivity index (χ3v) is 2.22. The number of carbonyl (C=O) groups is 1. The van der Waals surface area contributed by atoms with Crippen molar-refractivity contribution in [1.82, 2.24) is 5.32 Å². The Bertz CT molecular complexity index is 352. The monoisotopic (exact) mass is 221 g/mol. The maximum Gasteiger partial charge on any atom is 0.319 e. The fourth-order valence-corrected chi connectivity index (χ4v) is 1.32. The minimum Gasteiger partial charge on any atom is -0.338 e. The lowest BCUT2D eigenvalue weighted by molar-refractivity contribution is 0.252. The minimum atomic E-state index is -0.357. The number of benzene rings is 1. The molecular weight excluding hydrogens is 202 g/mol. The molecule has 1 rings (SSSR count). The molecule has 0 bridgehead atoms. The molecule has 0 radical (unpaired) electrons. The summed E-state index contributed by atoms with van der Waals surface area (Å²) < 4.78 is 0. The quantitative estimate of drug-likeness (QED) is 0.731. The predicted octanol–water partition coefficient (Wildman–Crippen LogP) is 2.02. The van der Waals surface area contributed by atoms with Gasteiger partial charge in [-0.1, -0.05) is 12.1 Å². The number of urea groups is 1. The SMILES string of the molecule is CCNC(=O)Nc1ccc(C(C)(C)N)cc1. The van der Waals surface area contributed by atoms with E-state index in [0.29, 0.717) is 6.54 Å². The molecule has 0 saturated heterocycles. The summed E-state index contributed by atoms with van der Waals surface area (Å²) in [5.74, 6) is 0. The molecule has 16 heavy (non-hydrogen) atoms. The van der Waals surface area contributed by atoms with Crippen LogP contribution in [0.3, 0.4) is 0 Å². The van der Waals surface area contributed by atoms with Crippen molar-refractivity contribution in [1.29, 1.82) is 0 Å². The van der Waals surface area contributed by atoms with Gasteiger partial charge in [0.05, 0.1) is 0 Å². The van der Waals surface area contributed by atoms with Crippen molar-refractivity contribution < 1.29 is 4.79 Å². The first-order chi connectivity index (χ1) is 7.43. The van der Waals surface area contributed by atoms with Crippen LogP contribution in [-0.4, -0.2) is 12.6 Å². The lowest BCUT2D eigenvalue weighted by Gasteiger charge is -2.19. The number of hydrogen-bond donors (Lipinski definition) is 3. The summed E-state index contributed by atoms with van der Waals surface area (Å²) in [5.41, 5.74) is 7.40. The molecule has 0 fully saturated rings. The number of amides is 2. The fourth-order valence-electron chi connectivity index (χ4n) is 1.32. The van der Waals surface area contributed by atoms with Gasteiger partial charge in [0.2, 0.25) is 0 Å². The van der Waals surface area contributed by atoms with Gasteiger partial charge in [-0.05, 0) is 38.5 Å². The highest BCUT2D eigenvalue weighted by Crippen LogP contribution is 2.18. The van der Waals surface area contributed by atoms with E-state index in [-0.39, 0.29) is 11.6 Å². The van der Waals surface area contributed by atoms with Gasteiger partial charge in [0.15, 0.2) is 0 Å². The van der Waals surface area contributed by atoms with Gasteiger partial charge >= 0.3 is 6.03 Å². The molecule has 4 heteroatoms. The van der Waals surface area contributed by atoms with E-state index in [1.165, 1.54) is 0 Å². The lowest BCUT2D eigenvalue weighted by Crippen LogP contribution is -2.29. The van der Waals surface area contributed by atoms with Gasteiger partial charge in [0.1, 0.15) is 0 Å². The Morgan fingerprint density at radius 2 is 1.88 bits per heavy atom. The third kappa shape index (κ3) is 3.55. The number of nitrogens with two attached hydrogens (primary N) is 1. The molecule has 1 aromatic carbocycles. The van der Waals surface area contributed by atoms with Crippen LogP contribution in [0.25, 0.3) is 0 Å². The zero-order valence-electron chi connectivity index (χ0n) is 10.0. The molecule has 4 nitrogen and oxygen atoms in total. The molecule has 4 N–H and O–H groups in total. The fraction of sp³-hybridized carbons (Fsp3) is 0.417. The Hall–Kier alpha value is -1.55. The summed E-state index contributed by atoms with van der Waals surface area (Å²) in [5, 5.41) is 5.39. The van der Waals surface area contributed by atoms with Crippen LogP contribution in [0.2, 0.25) is 0 Å². The summed E-state index contributed by atoms with van der Waals surface area (Å²) in [6, 6.07) is 7.34. The van der Waals surface area contributed by atoms with Crippen LogP contribution in [0.5, 0.6) is 0 Å². The van der Waals surface area contributed by atoms with Gasteiger partial charge in [-0.15, -0.1) is 0 Å². The van der Waals surface area contributed by atoms with Gasteiger partial charge in [0, 0.05) is 17.8 Å². The maximum absolute atomic E-state index is 11.2. The molecule has 0 aliphatic heterocycles. The van der Waals surface area contributed by atoms with E-state index in [4.69, 9.17) is 5.73 Å². The van der Waals surface area contributed by atoms with Gasteiger partial charge in [-0.3, -0.25) is 0 Å². The van der Waals surface area contributed by atoms with Crippen LogP contribution in [0.15, 0.2) is 24.3 Å². The van der Waals surface area contributed by atoms with Crippen LogP contribution in [0.4, 0.5) is 10.5 Å². The highest BCUT2D eigenvalue weighted by molar-refractivity contribution is 5.89. The first-order valence-corrected chi connectivity index (χ1v) is 5.37. The maximum atomic E-state index is 11.2. The van der Waals surface area contributed by atoms with E-state index in [1.54, 1.807) is 0 Å². The second-order valence-electron chi connectivity index (χ2n) is 4.28. The van der Waals surface area contributed by atoms with Gasteiger partial charge in [-0.2, -0.15) is 0 Å². The molecule has 2 amide bonds. The van der Waals surface area contributed by atoms with Crippen LogP contribution in [0, 0.1) is 0 Å². The van der Waals surface area contributed by atoms with Crippen LogP contribution >= 0.6 is 0 Å². The summed E-state index contributed by atoms with van der Waals surface area (Å²) in [6.45, 7) is 6.37. The molecule has 0 aliphatic carbocycles. The van der Waals surface area contributed by atoms with E-state index in [0.717, 1.165) is 11.3 Å². The number of anilines is 1. The topological polar surface area (TPSA) is 67.2 Å². The third-order valence-electron chi connectivity index (χ3n) is 2.22. The van der Waals surface area contributed by atoms with Crippen LogP contribution in [0.1, 0.15) is 26.3 Å². The Morgan fingerprint density at radius 3 is 2.31 bits per heavy atom. The van der Waals surface area contributed by atoms with Crippen molar-refractivity contribution in [3.8, 4) is 0 Å². The van der Waals surface area contributed by atoms with Crippen LogP contribution < -0.4 is 16.4 Å². The molecule has 0 unspecified atom stereocenters. The molecular formula is C12H19N3O. The summed E-state index contributed by atoms with van der Waals surface area (Å²) in [4.78, 5) is 11.2. The summed E-state index contributed by atoms with van der Waals surface area (Å²) in [6.07, 6.45) is 0. The van der Waals surface area contributed by atoms with Crippen molar-refractivity contribution in [2.75, 3.05) is 11.9 Å². The highest BCUT2D eigenvalue weighted by Gasteiger charge is 2.13. The number of carbonyl (C=O) groups excluding carboxylic acids is 1. The predicted molar refractivity (Wildman–Crippen MR) is 66.4 cm³/mol. The van der Waals surface area contributed by atoms with Crippen molar-refractivity contribution >= 4 is 11.7 Å². The zero-order valence-corrected chi connectivity index (χ0v) is 10.0. The number of rotatable bonds is 3. The van der Waals surface area contributed by atoms with E-state index in [2.05, 4.69) is 10.6 Å². The molecule has 0 saturated carbocycles. The van der Waals surface area contributed by atoms with Crippen molar-refractivity contribution in [3.05, 3.63) is 29.8 Å². The van der Waals surface area contributed by atoms with Gasteiger partial charge in [0.25, 0.3) is 0 Å². The average Bonchev–Trinajstić information content (AvgIpc) is 2.17. The number of nitrogens with one attached hydrogen (secondary N) is 2. The lowest BCUT2D eigenvalue weighted by atomic mass is 9.96. The first kappa shape index (κ1) is 12.5. The first-order valence-electron chi connectivity index (χ1n) is 5.37. The van der Waals surface area contributed by atoms with E-state index < -0.39 is 0 Å². The molecule has 0 aliphatic rings. The minimum absolute atomic E-state index is 0.192. The second-order valence-corrected chi connectivity index (χ2v) is 4.28. The van der Waals surface area contributed by atoms with Crippen molar-refractivity contribution in [2.24, 2.45) is 5.73 Å². The Balaban J connectivity index is 2.69. The van der Waals surface area contributed by atoms with E-state index >= 15 is 0 Å². The molecule has 0 heterocycles. The Labute approximate surface area is 96.2 Å². The Morgan fingerprint density at radius 1 is 1.31 bits per heavy atom.